The fourth-order valence-electron chi connectivity index (χ4n) is 1.49. The summed E-state index contributed by atoms with van der Waals surface area (Å²) in [4.78, 5) is 21.7. The number of aliphatic hydroxyl groups is 1. The van der Waals surface area contributed by atoms with E-state index in [1.807, 2.05) is 30.3 Å². The van der Waals surface area contributed by atoms with Crippen molar-refractivity contribution in [2.45, 2.75) is 18.9 Å². The van der Waals surface area contributed by atoms with Gasteiger partial charge in [0.05, 0.1) is 6.61 Å². The Kier molecular flexibility index (Phi) is 7.67. The van der Waals surface area contributed by atoms with Crippen LogP contribution in [0.5, 0.6) is 5.75 Å². The number of nitrogens with one attached hydrogen (secondary N) is 2. The summed E-state index contributed by atoms with van der Waals surface area (Å²) in [6.07, 6.45) is -0.829. The van der Waals surface area contributed by atoms with Crippen LogP contribution in [-0.4, -0.2) is 48.0 Å². The number of urea groups is 1. The number of para-hydroxylation sites is 1. The summed E-state index contributed by atoms with van der Waals surface area (Å²) >= 11 is 0. The Morgan fingerprint density at radius 2 is 1.81 bits per heavy atom. The molecule has 0 aromatic heterocycles. The van der Waals surface area contributed by atoms with Crippen LogP contribution in [0.1, 0.15) is 12.8 Å². The number of aliphatic carboxylic acids is 1. The number of carbonyl (C=O) groups is 2. The molecule has 0 aliphatic carbocycles. The molecule has 21 heavy (non-hydrogen) atoms. The van der Waals surface area contributed by atoms with Gasteiger partial charge in [-0.15, -0.1) is 0 Å². The zero-order chi connectivity index (χ0) is 15.5. The van der Waals surface area contributed by atoms with Gasteiger partial charge in [0.1, 0.15) is 5.75 Å². The number of ether oxygens (including phenoxy) is 1. The van der Waals surface area contributed by atoms with Gasteiger partial charge in [0.2, 0.25) is 0 Å². The third kappa shape index (κ3) is 7.78. The standard InChI is InChI=1S/C14H20N2O5/c17-12(13(18)19)7-9-16-14(20)15-8-4-10-21-11-5-2-1-3-6-11/h1-3,5-6,12,17H,4,7-10H2,(H,18,19)(H2,15,16,20)/t12-/m0/s1. The van der Waals surface area contributed by atoms with Gasteiger partial charge in [-0.05, 0) is 18.6 Å². The molecule has 1 rings (SSSR count). The van der Waals surface area contributed by atoms with E-state index in [9.17, 15) is 9.59 Å². The van der Waals surface area contributed by atoms with Gasteiger partial charge in [0.15, 0.2) is 6.10 Å². The maximum atomic E-state index is 11.3. The molecule has 0 saturated carbocycles. The Morgan fingerprint density at radius 3 is 2.48 bits per heavy atom. The van der Waals surface area contributed by atoms with Crippen molar-refractivity contribution in [3.63, 3.8) is 0 Å². The quantitative estimate of drug-likeness (QED) is 0.499. The highest BCUT2D eigenvalue weighted by atomic mass is 16.5. The van der Waals surface area contributed by atoms with Crippen LogP contribution in [-0.2, 0) is 4.79 Å². The van der Waals surface area contributed by atoms with Gasteiger partial charge in [-0.3, -0.25) is 0 Å². The smallest absolute Gasteiger partial charge is 0.332 e. The zero-order valence-corrected chi connectivity index (χ0v) is 11.6. The van der Waals surface area contributed by atoms with Gasteiger partial charge in [0, 0.05) is 19.5 Å². The first-order valence-corrected chi connectivity index (χ1v) is 6.70. The van der Waals surface area contributed by atoms with Gasteiger partial charge in [-0.1, -0.05) is 18.2 Å². The topological polar surface area (TPSA) is 108 Å². The number of aliphatic hydroxyl groups excluding tert-OH is 1. The number of benzene rings is 1. The summed E-state index contributed by atoms with van der Waals surface area (Å²) in [5, 5.41) is 22.5. The molecule has 0 heterocycles. The molecule has 4 N–H and O–H groups in total. The lowest BCUT2D eigenvalue weighted by Gasteiger charge is -2.09. The first-order chi connectivity index (χ1) is 10.1. The van der Waals surface area contributed by atoms with E-state index in [4.69, 9.17) is 14.9 Å². The zero-order valence-electron chi connectivity index (χ0n) is 11.6. The minimum atomic E-state index is -1.45. The number of carboxylic acid groups (broad SMARTS) is 1. The summed E-state index contributed by atoms with van der Waals surface area (Å²) in [5.74, 6) is -0.514. The average molecular weight is 296 g/mol. The van der Waals surface area contributed by atoms with Crippen molar-refractivity contribution in [1.29, 1.82) is 0 Å². The molecule has 116 valence electrons. The minimum Gasteiger partial charge on any atom is -0.494 e. The highest BCUT2D eigenvalue weighted by molar-refractivity contribution is 5.74. The summed E-state index contributed by atoms with van der Waals surface area (Å²) in [6, 6.07) is 8.98. The lowest BCUT2D eigenvalue weighted by atomic mass is 10.2. The van der Waals surface area contributed by atoms with Gasteiger partial charge in [-0.2, -0.15) is 0 Å². The normalized spacial score (nSPS) is 11.5. The summed E-state index contributed by atoms with van der Waals surface area (Å²) in [7, 11) is 0. The molecule has 7 heteroatoms. The van der Waals surface area contributed by atoms with Gasteiger partial charge in [0.25, 0.3) is 0 Å². The first-order valence-electron chi connectivity index (χ1n) is 6.70. The lowest BCUT2D eigenvalue weighted by molar-refractivity contribution is -0.146. The third-order valence-corrected chi connectivity index (χ3v) is 2.61. The van der Waals surface area contributed by atoms with Gasteiger partial charge >= 0.3 is 12.0 Å². The van der Waals surface area contributed by atoms with Crippen LogP contribution in [0.15, 0.2) is 30.3 Å². The second kappa shape index (κ2) is 9.60. The predicted octanol–water partition coefficient (Wildman–Crippen LogP) is 0.590. The van der Waals surface area contributed by atoms with Crippen LogP contribution in [0.25, 0.3) is 0 Å². The molecule has 0 radical (unpaired) electrons. The van der Waals surface area contributed by atoms with Gasteiger partial charge in [-0.25, -0.2) is 9.59 Å². The van der Waals surface area contributed by atoms with Crippen molar-refractivity contribution in [3.05, 3.63) is 30.3 Å². The summed E-state index contributed by atoms with van der Waals surface area (Å²) in [6.45, 7) is 1.03. The van der Waals surface area contributed by atoms with Crippen LogP contribution >= 0.6 is 0 Å². The number of rotatable bonds is 9. The molecule has 0 unspecified atom stereocenters. The molecule has 2 amide bonds. The summed E-state index contributed by atoms with van der Waals surface area (Å²) in [5.41, 5.74) is 0. The fraction of sp³-hybridized carbons (Fsp3) is 0.429. The first kappa shape index (κ1) is 16.8. The van der Waals surface area contributed by atoms with Crippen LogP contribution in [0.2, 0.25) is 0 Å². The molecule has 1 atom stereocenters. The van der Waals surface area contributed by atoms with E-state index in [2.05, 4.69) is 10.6 Å². The molecular formula is C14H20N2O5. The Morgan fingerprint density at radius 1 is 1.14 bits per heavy atom. The van der Waals surface area contributed by atoms with E-state index in [1.165, 1.54) is 0 Å². The number of amides is 2. The summed E-state index contributed by atoms with van der Waals surface area (Å²) < 4.78 is 5.46. The van der Waals surface area contributed by atoms with Crippen molar-refractivity contribution >= 4 is 12.0 Å². The van der Waals surface area contributed by atoms with Crippen LogP contribution in [0, 0.1) is 0 Å². The van der Waals surface area contributed by atoms with E-state index in [0.717, 1.165) is 5.75 Å². The van der Waals surface area contributed by atoms with Crippen molar-refractivity contribution in [2.24, 2.45) is 0 Å². The molecule has 7 nitrogen and oxygen atoms in total. The number of hydrogen-bond donors (Lipinski definition) is 4. The fourth-order valence-corrected chi connectivity index (χ4v) is 1.49. The predicted molar refractivity (Wildman–Crippen MR) is 76.2 cm³/mol. The minimum absolute atomic E-state index is 0.0279. The van der Waals surface area contributed by atoms with E-state index < -0.39 is 18.1 Å². The average Bonchev–Trinajstić information content (AvgIpc) is 2.47. The second-order valence-corrected chi connectivity index (χ2v) is 4.34. The second-order valence-electron chi connectivity index (χ2n) is 4.34. The Hall–Kier alpha value is -2.28. The molecule has 1 aromatic carbocycles. The molecule has 0 aliphatic heterocycles. The third-order valence-electron chi connectivity index (χ3n) is 2.61. The number of hydrogen-bond acceptors (Lipinski definition) is 4. The molecule has 0 aliphatic rings. The Balaban J connectivity index is 2.00. The maximum absolute atomic E-state index is 11.3. The van der Waals surface area contributed by atoms with Crippen molar-refractivity contribution in [1.82, 2.24) is 10.6 Å². The van der Waals surface area contributed by atoms with Crippen LogP contribution in [0.3, 0.4) is 0 Å². The van der Waals surface area contributed by atoms with E-state index in [-0.39, 0.29) is 13.0 Å². The molecular weight excluding hydrogens is 276 g/mol. The van der Waals surface area contributed by atoms with Crippen molar-refractivity contribution < 1.29 is 24.5 Å². The molecule has 0 fully saturated rings. The van der Waals surface area contributed by atoms with Gasteiger partial charge < -0.3 is 25.6 Å². The van der Waals surface area contributed by atoms with E-state index in [0.29, 0.717) is 19.6 Å². The molecule has 0 saturated heterocycles. The number of carbonyl (C=O) groups excluding carboxylic acids is 1. The monoisotopic (exact) mass is 296 g/mol. The highest BCUT2D eigenvalue weighted by Crippen LogP contribution is 2.07. The van der Waals surface area contributed by atoms with Crippen LogP contribution < -0.4 is 15.4 Å². The SMILES string of the molecule is O=C(NCCCOc1ccccc1)NCC[C@H](O)C(=O)O. The maximum Gasteiger partial charge on any atom is 0.332 e. The van der Waals surface area contributed by atoms with E-state index >= 15 is 0 Å². The number of carboxylic acids is 1. The molecule has 0 bridgehead atoms. The Labute approximate surface area is 122 Å². The lowest BCUT2D eigenvalue weighted by Crippen LogP contribution is -2.38. The van der Waals surface area contributed by atoms with Crippen molar-refractivity contribution in [3.8, 4) is 5.75 Å². The van der Waals surface area contributed by atoms with Crippen molar-refractivity contribution in [2.75, 3.05) is 19.7 Å². The molecule has 0 spiro atoms. The van der Waals surface area contributed by atoms with E-state index in [1.54, 1.807) is 0 Å². The van der Waals surface area contributed by atoms with Crippen LogP contribution in [0.4, 0.5) is 4.79 Å². The Bertz CT molecular complexity index is 438. The largest absolute Gasteiger partial charge is 0.494 e. The highest BCUT2D eigenvalue weighted by Gasteiger charge is 2.12. The molecule has 1 aromatic rings.